The lowest BCUT2D eigenvalue weighted by atomic mass is 10.1. The molecule has 1 aliphatic rings. The van der Waals surface area contributed by atoms with Crippen molar-refractivity contribution in [2.45, 2.75) is 44.7 Å². The third-order valence-corrected chi connectivity index (χ3v) is 4.10. The van der Waals surface area contributed by atoms with E-state index in [9.17, 15) is 13.2 Å². The number of anilines is 1. The average molecular weight is 393 g/mol. The molecule has 2 aromatic carbocycles. The Morgan fingerprint density at radius 3 is 2.46 bits per heavy atom. The van der Waals surface area contributed by atoms with Crippen LogP contribution >= 0.6 is 0 Å². The number of para-hydroxylation sites is 1. The molecular weight excluding hydrogens is 371 g/mol. The minimum Gasteiger partial charge on any atom is -0.491 e. The summed E-state index contributed by atoms with van der Waals surface area (Å²) in [6.45, 7) is 3.89. The lowest BCUT2D eigenvalue weighted by molar-refractivity contribution is -0.274. The fourth-order valence-electron chi connectivity index (χ4n) is 2.91. The van der Waals surface area contributed by atoms with Crippen LogP contribution in [0.5, 0.6) is 11.5 Å². The van der Waals surface area contributed by atoms with Crippen molar-refractivity contribution >= 4 is 11.6 Å². The van der Waals surface area contributed by atoms with Crippen molar-refractivity contribution in [3.63, 3.8) is 0 Å². The second-order valence-corrected chi connectivity index (χ2v) is 6.83. The van der Waals surface area contributed by atoms with Crippen molar-refractivity contribution in [2.75, 3.05) is 5.32 Å². The first-order chi connectivity index (χ1) is 13.2. The summed E-state index contributed by atoms with van der Waals surface area (Å²) >= 11 is 0. The van der Waals surface area contributed by atoms with Crippen molar-refractivity contribution < 1.29 is 22.6 Å². The average Bonchev–Trinajstić information content (AvgIpc) is 3.34. The number of aliphatic imine (C=N–C) groups is 1. The largest absolute Gasteiger partial charge is 0.573 e. The van der Waals surface area contributed by atoms with Crippen molar-refractivity contribution in [1.29, 1.82) is 0 Å². The van der Waals surface area contributed by atoms with Crippen molar-refractivity contribution in [1.82, 2.24) is 0 Å². The van der Waals surface area contributed by atoms with Gasteiger partial charge in [-0.15, -0.1) is 13.2 Å². The van der Waals surface area contributed by atoms with Crippen LogP contribution in [0.25, 0.3) is 0 Å². The Hall–Kier alpha value is -2.90. The number of nitrogens with one attached hydrogen (secondary N) is 1. The van der Waals surface area contributed by atoms with Crippen LogP contribution < -0.4 is 20.5 Å². The molecule has 0 spiro atoms. The van der Waals surface area contributed by atoms with Crippen LogP contribution in [0, 0.1) is 0 Å². The summed E-state index contributed by atoms with van der Waals surface area (Å²) in [7, 11) is 0. The van der Waals surface area contributed by atoms with Crippen LogP contribution in [0.4, 0.5) is 18.9 Å². The smallest absolute Gasteiger partial charge is 0.491 e. The van der Waals surface area contributed by atoms with Gasteiger partial charge in [0.15, 0.2) is 5.96 Å². The highest BCUT2D eigenvalue weighted by Gasteiger charge is 2.42. The fraction of sp³-hybridized carbons (Fsp3) is 0.350. The third-order valence-electron chi connectivity index (χ3n) is 4.10. The maximum Gasteiger partial charge on any atom is 0.573 e. The second kappa shape index (κ2) is 8.00. The number of hydrogen-bond acceptors (Lipinski definition) is 3. The highest BCUT2D eigenvalue weighted by Crippen LogP contribution is 2.47. The number of benzene rings is 2. The molecule has 2 atom stereocenters. The number of alkyl halides is 3. The number of nitrogens with two attached hydrogens (primary N) is 1. The standard InChI is InChI=1S/C20H22F3N3O2/c1-12(2)27-14-9-7-13(8-10-14)25-19(24)26-17-11-16(17)15-5-3-4-6-18(15)28-20(21,22)23/h3-10,12,16-17H,11H2,1-2H3,(H3,24,25,26). The van der Waals surface area contributed by atoms with Crippen LogP contribution in [0.15, 0.2) is 53.5 Å². The van der Waals surface area contributed by atoms with Gasteiger partial charge in [-0.25, -0.2) is 4.99 Å². The summed E-state index contributed by atoms with van der Waals surface area (Å²) in [6, 6.07) is 13.2. The zero-order valence-corrected chi connectivity index (χ0v) is 15.5. The maximum absolute atomic E-state index is 12.6. The van der Waals surface area contributed by atoms with E-state index in [1.54, 1.807) is 12.1 Å². The molecule has 0 bridgehead atoms. The minimum atomic E-state index is -4.73. The molecule has 3 N–H and O–H groups in total. The van der Waals surface area contributed by atoms with Crippen LogP contribution in [-0.2, 0) is 0 Å². The van der Waals surface area contributed by atoms with Crippen LogP contribution in [0.3, 0.4) is 0 Å². The Morgan fingerprint density at radius 2 is 1.82 bits per heavy atom. The third kappa shape index (κ3) is 5.55. The molecule has 0 aromatic heterocycles. The summed E-state index contributed by atoms with van der Waals surface area (Å²) in [5, 5.41) is 2.98. The molecule has 2 aromatic rings. The molecule has 0 radical (unpaired) electrons. The molecule has 5 nitrogen and oxygen atoms in total. The van der Waals surface area contributed by atoms with Gasteiger partial charge in [0.05, 0.1) is 12.1 Å². The van der Waals surface area contributed by atoms with Crippen molar-refractivity contribution in [3.05, 3.63) is 54.1 Å². The number of hydrogen-bond donors (Lipinski definition) is 2. The maximum atomic E-state index is 12.6. The van der Waals surface area contributed by atoms with E-state index in [2.05, 4.69) is 15.0 Å². The quantitative estimate of drug-likeness (QED) is 0.554. The molecule has 0 amide bonds. The molecule has 1 fully saturated rings. The Kier molecular flexibility index (Phi) is 5.67. The number of rotatable bonds is 6. The van der Waals surface area contributed by atoms with E-state index in [1.807, 2.05) is 38.1 Å². The number of ether oxygens (including phenoxy) is 2. The van der Waals surface area contributed by atoms with Gasteiger partial charge in [-0.1, -0.05) is 18.2 Å². The molecule has 28 heavy (non-hydrogen) atoms. The number of halogens is 3. The molecule has 0 heterocycles. The molecule has 0 aliphatic heterocycles. The van der Waals surface area contributed by atoms with Gasteiger partial charge in [0.1, 0.15) is 11.5 Å². The van der Waals surface area contributed by atoms with Crippen molar-refractivity contribution in [2.24, 2.45) is 10.7 Å². The Bertz CT molecular complexity index is 835. The lowest BCUT2D eigenvalue weighted by Crippen LogP contribution is -2.23. The molecule has 1 aliphatic carbocycles. The first-order valence-electron chi connectivity index (χ1n) is 8.93. The van der Waals surface area contributed by atoms with Gasteiger partial charge in [-0.3, -0.25) is 0 Å². The van der Waals surface area contributed by atoms with Gasteiger partial charge < -0.3 is 20.5 Å². The van der Waals surface area contributed by atoms with E-state index in [0.29, 0.717) is 12.0 Å². The summed E-state index contributed by atoms with van der Waals surface area (Å²) in [4.78, 5) is 4.37. The first-order valence-corrected chi connectivity index (χ1v) is 8.93. The van der Waals surface area contributed by atoms with Gasteiger partial charge in [0, 0.05) is 11.6 Å². The molecule has 3 rings (SSSR count). The van der Waals surface area contributed by atoms with E-state index in [4.69, 9.17) is 10.5 Å². The van der Waals surface area contributed by atoms with Crippen LogP contribution in [-0.4, -0.2) is 24.5 Å². The first kappa shape index (κ1) is 19.9. The highest BCUT2D eigenvalue weighted by atomic mass is 19.4. The lowest BCUT2D eigenvalue weighted by Gasteiger charge is -2.13. The molecule has 1 saturated carbocycles. The monoisotopic (exact) mass is 393 g/mol. The zero-order valence-electron chi connectivity index (χ0n) is 15.5. The van der Waals surface area contributed by atoms with E-state index >= 15 is 0 Å². The summed E-state index contributed by atoms with van der Waals surface area (Å²) in [6.07, 6.45) is -4.03. The number of guanidine groups is 1. The summed E-state index contributed by atoms with van der Waals surface area (Å²) < 4.78 is 47.4. The SMILES string of the molecule is CC(C)Oc1ccc(NC(N)=NC2CC2c2ccccc2OC(F)(F)F)cc1. The van der Waals surface area contributed by atoms with E-state index < -0.39 is 6.36 Å². The van der Waals surface area contributed by atoms with E-state index in [0.717, 1.165) is 11.4 Å². The topological polar surface area (TPSA) is 68.9 Å². The molecular formula is C20H22F3N3O2. The molecule has 150 valence electrons. The predicted octanol–water partition coefficient (Wildman–Crippen LogP) is 4.66. The second-order valence-electron chi connectivity index (χ2n) is 6.83. The summed E-state index contributed by atoms with van der Waals surface area (Å²) in [5.41, 5.74) is 7.17. The molecule has 2 unspecified atom stereocenters. The van der Waals surface area contributed by atoms with Gasteiger partial charge in [0.25, 0.3) is 0 Å². The molecule has 0 saturated heterocycles. The predicted molar refractivity (Wildman–Crippen MR) is 102 cm³/mol. The fourth-order valence-corrected chi connectivity index (χ4v) is 2.91. The zero-order chi connectivity index (χ0) is 20.3. The van der Waals surface area contributed by atoms with E-state index in [-0.39, 0.29) is 29.8 Å². The van der Waals surface area contributed by atoms with Crippen LogP contribution in [0.2, 0.25) is 0 Å². The Labute approximate surface area is 161 Å². The normalized spacial score (nSPS) is 19.4. The highest BCUT2D eigenvalue weighted by molar-refractivity contribution is 5.92. The van der Waals surface area contributed by atoms with Gasteiger partial charge >= 0.3 is 6.36 Å². The number of nitrogens with zero attached hydrogens (tertiary/aromatic N) is 1. The van der Waals surface area contributed by atoms with Gasteiger partial charge in [-0.05, 0) is 56.2 Å². The van der Waals surface area contributed by atoms with Gasteiger partial charge in [-0.2, -0.15) is 0 Å². The van der Waals surface area contributed by atoms with E-state index in [1.165, 1.54) is 12.1 Å². The Morgan fingerprint density at radius 1 is 1.14 bits per heavy atom. The minimum absolute atomic E-state index is 0.0847. The molecule has 8 heteroatoms. The van der Waals surface area contributed by atoms with Gasteiger partial charge in [0.2, 0.25) is 0 Å². The van der Waals surface area contributed by atoms with Crippen LogP contribution in [0.1, 0.15) is 31.7 Å². The Balaban J connectivity index is 1.62. The van der Waals surface area contributed by atoms with Crippen molar-refractivity contribution in [3.8, 4) is 11.5 Å². The summed E-state index contributed by atoms with van der Waals surface area (Å²) in [5.74, 6) is 0.615.